The zero-order valence-corrected chi connectivity index (χ0v) is 18.3. The zero-order chi connectivity index (χ0) is 21.2. The molecule has 1 aromatic carbocycles. The highest BCUT2D eigenvalue weighted by molar-refractivity contribution is 6.03. The molecule has 0 spiro atoms. The maximum absolute atomic E-state index is 11.9. The molecule has 1 radical (unpaired) electrons. The Kier molecular flexibility index (Phi) is 16.1. The van der Waals surface area contributed by atoms with Crippen LogP contribution in [0.25, 0.3) is 0 Å². The minimum Gasteiger partial charge on any atom is -0.462 e. The van der Waals surface area contributed by atoms with Gasteiger partial charge in [0, 0.05) is 0 Å². The van der Waals surface area contributed by atoms with Gasteiger partial charge in [-0.3, -0.25) is 0 Å². The molecule has 28 heavy (non-hydrogen) atoms. The number of hydrogen-bond donors (Lipinski definition) is 0. The maximum Gasteiger partial charge on any atom is 0.339 e. The fourth-order valence-corrected chi connectivity index (χ4v) is 2.31. The molecule has 4 nitrogen and oxygen atoms in total. The molecular formula is C24H39O4. The van der Waals surface area contributed by atoms with Crippen molar-refractivity contribution in [1.82, 2.24) is 0 Å². The van der Waals surface area contributed by atoms with Crippen molar-refractivity contribution in [3.63, 3.8) is 0 Å². The summed E-state index contributed by atoms with van der Waals surface area (Å²) in [5, 5.41) is 0. The Labute approximate surface area is 172 Å². The van der Waals surface area contributed by atoms with Crippen LogP contribution in [0, 0.1) is 12.8 Å². The molecule has 0 amide bonds. The number of ether oxygens (including phenoxy) is 2. The van der Waals surface area contributed by atoms with E-state index in [1.807, 2.05) is 13.8 Å². The fourth-order valence-electron chi connectivity index (χ4n) is 2.31. The molecular weight excluding hydrogens is 352 g/mol. The average molecular weight is 392 g/mol. The minimum absolute atomic E-state index is 0.269. The second-order valence-corrected chi connectivity index (χ2v) is 6.94. The van der Waals surface area contributed by atoms with Crippen LogP contribution in [0.2, 0.25) is 0 Å². The van der Waals surface area contributed by atoms with Crippen LogP contribution in [-0.4, -0.2) is 25.2 Å². The summed E-state index contributed by atoms with van der Waals surface area (Å²) in [4.78, 5) is 23.9. The average Bonchev–Trinajstić information content (AvgIpc) is 2.72. The molecule has 0 aromatic heterocycles. The Morgan fingerprint density at radius 3 is 1.61 bits per heavy atom. The van der Waals surface area contributed by atoms with Gasteiger partial charge in [-0.25, -0.2) is 9.59 Å². The van der Waals surface area contributed by atoms with Crippen molar-refractivity contribution in [2.45, 2.75) is 79.1 Å². The van der Waals surface area contributed by atoms with Crippen molar-refractivity contribution in [1.29, 1.82) is 0 Å². The predicted molar refractivity (Wildman–Crippen MR) is 115 cm³/mol. The van der Waals surface area contributed by atoms with E-state index < -0.39 is 11.9 Å². The van der Waals surface area contributed by atoms with Crippen molar-refractivity contribution in [2.75, 3.05) is 13.2 Å². The van der Waals surface area contributed by atoms with Crippen LogP contribution in [0.3, 0.4) is 0 Å². The van der Waals surface area contributed by atoms with Crippen molar-refractivity contribution in [3.05, 3.63) is 42.3 Å². The maximum atomic E-state index is 11.9. The van der Waals surface area contributed by atoms with Crippen LogP contribution in [0.1, 0.15) is 99.8 Å². The third kappa shape index (κ3) is 11.8. The van der Waals surface area contributed by atoms with Crippen LogP contribution in [0.5, 0.6) is 0 Å². The Morgan fingerprint density at radius 1 is 0.821 bits per heavy atom. The Balaban J connectivity index is 0.000000769. The van der Waals surface area contributed by atoms with Gasteiger partial charge in [-0.05, 0) is 30.9 Å². The molecule has 1 atom stereocenters. The lowest BCUT2D eigenvalue weighted by molar-refractivity contribution is 0.0452. The van der Waals surface area contributed by atoms with Gasteiger partial charge in [0.05, 0.1) is 24.3 Å². The minimum atomic E-state index is -0.471. The molecule has 0 saturated heterocycles. The van der Waals surface area contributed by atoms with E-state index in [1.54, 1.807) is 24.3 Å². The summed E-state index contributed by atoms with van der Waals surface area (Å²) in [6.07, 6.45) is 8.74. The van der Waals surface area contributed by atoms with Crippen LogP contribution >= 0.6 is 0 Å². The quantitative estimate of drug-likeness (QED) is 0.296. The molecule has 159 valence electrons. The molecule has 0 fully saturated rings. The van der Waals surface area contributed by atoms with Gasteiger partial charge in [0.15, 0.2) is 0 Å². The van der Waals surface area contributed by atoms with E-state index in [9.17, 15) is 9.59 Å². The van der Waals surface area contributed by atoms with Crippen LogP contribution < -0.4 is 0 Å². The zero-order valence-electron chi connectivity index (χ0n) is 18.3. The summed E-state index contributed by atoms with van der Waals surface area (Å²) in [6.45, 7) is 13.2. The van der Waals surface area contributed by atoms with Gasteiger partial charge in [0.2, 0.25) is 0 Å². The third-order valence-corrected chi connectivity index (χ3v) is 4.37. The number of unbranched alkanes of at least 4 members (excludes halogenated alkanes) is 3. The summed E-state index contributed by atoms with van der Waals surface area (Å²) < 4.78 is 10.3. The first kappa shape index (κ1) is 26.2. The molecule has 4 heteroatoms. The summed E-state index contributed by atoms with van der Waals surface area (Å²) in [6, 6.07) is 6.59. The third-order valence-electron chi connectivity index (χ3n) is 4.37. The number of rotatable bonds is 12. The Bertz CT molecular complexity index is 498. The lowest BCUT2D eigenvalue weighted by Gasteiger charge is -2.09. The molecule has 0 aliphatic rings. The Hall–Kier alpha value is -1.84. The molecule has 0 aliphatic carbocycles. The molecule has 0 aliphatic heterocycles. The van der Waals surface area contributed by atoms with E-state index in [2.05, 4.69) is 20.8 Å². The Morgan fingerprint density at radius 2 is 1.25 bits per heavy atom. The van der Waals surface area contributed by atoms with Crippen molar-refractivity contribution < 1.29 is 19.1 Å². The highest BCUT2D eigenvalue weighted by Crippen LogP contribution is 2.13. The molecule has 1 aromatic rings. The highest BCUT2D eigenvalue weighted by atomic mass is 16.5. The summed E-state index contributed by atoms with van der Waals surface area (Å²) in [7, 11) is 0. The van der Waals surface area contributed by atoms with E-state index >= 15 is 0 Å². The van der Waals surface area contributed by atoms with Gasteiger partial charge in [0.25, 0.3) is 0 Å². The molecule has 0 saturated carbocycles. The van der Waals surface area contributed by atoms with Crippen molar-refractivity contribution >= 4 is 11.9 Å². The first-order valence-electron chi connectivity index (χ1n) is 10.8. The topological polar surface area (TPSA) is 52.6 Å². The van der Waals surface area contributed by atoms with Crippen LogP contribution in [0.15, 0.2) is 24.3 Å². The van der Waals surface area contributed by atoms with Gasteiger partial charge in [0.1, 0.15) is 0 Å². The SMILES string of the molecule is CCCCOC(=O)c1ccccc1C(=O)OCCCC.[CH2]C(CC)CCCC. The van der Waals surface area contributed by atoms with E-state index in [0.29, 0.717) is 19.1 Å². The van der Waals surface area contributed by atoms with Crippen LogP contribution in [-0.2, 0) is 9.47 Å². The number of esters is 2. The van der Waals surface area contributed by atoms with E-state index in [0.717, 1.165) is 25.7 Å². The normalized spacial score (nSPS) is 11.2. The van der Waals surface area contributed by atoms with Gasteiger partial charge in [-0.15, -0.1) is 0 Å². The first-order valence-corrected chi connectivity index (χ1v) is 10.8. The first-order chi connectivity index (χ1) is 13.5. The van der Waals surface area contributed by atoms with E-state index in [1.165, 1.54) is 25.7 Å². The largest absolute Gasteiger partial charge is 0.462 e. The number of carbonyl (C=O) groups excluding carboxylic acids is 2. The monoisotopic (exact) mass is 391 g/mol. The smallest absolute Gasteiger partial charge is 0.339 e. The standard InChI is InChI=1S/C16H22O4.C8H17/c1-3-5-11-19-15(17)13-9-7-8-10-14(13)16(18)20-12-6-4-2;1-4-6-7-8(3)5-2/h7-10H,3-6,11-12H2,1-2H3;8H,3-7H2,1-2H3. The molecule has 0 bridgehead atoms. The second kappa shape index (κ2) is 17.3. The van der Waals surface area contributed by atoms with Crippen molar-refractivity contribution in [2.24, 2.45) is 5.92 Å². The summed E-state index contributed by atoms with van der Waals surface area (Å²) >= 11 is 0. The number of hydrogen-bond acceptors (Lipinski definition) is 4. The fraction of sp³-hybridized carbons (Fsp3) is 0.625. The predicted octanol–water partition coefficient (Wildman–Crippen LogP) is 6.64. The van der Waals surface area contributed by atoms with Crippen LogP contribution in [0.4, 0.5) is 0 Å². The second-order valence-electron chi connectivity index (χ2n) is 6.94. The van der Waals surface area contributed by atoms with E-state index in [4.69, 9.17) is 9.47 Å². The lowest BCUT2D eigenvalue weighted by atomic mass is 10.0. The highest BCUT2D eigenvalue weighted by Gasteiger charge is 2.18. The summed E-state index contributed by atoms with van der Waals surface area (Å²) in [5.74, 6) is -0.238. The number of benzene rings is 1. The molecule has 0 heterocycles. The van der Waals surface area contributed by atoms with Gasteiger partial charge >= 0.3 is 11.9 Å². The molecule has 1 unspecified atom stereocenters. The molecule has 0 N–H and O–H groups in total. The lowest BCUT2D eigenvalue weighted by Crippen LogP contribution is -2.14. The van der Waals surface area contributed by atoms with Crippen molar-refractivity contribution in [3.8, 4) is 0 Å². The van der Waals surface area contributed by atoms with Gasteiger partial charge < -0.3 is 9.47 Å². The number of carbonyl (C=O) groups is 2. The molecule has 1 rings (SSSR count). The van der Waals surface area contributed by atoms with Gasteiger partial charge in [-0.2, -0.15) is 0 Å². The summed E-state index contributed by atoms with van der Waals surface area (Å²) in [5.41, 5.74) is 0.537. The van der Waals surface area contributed by atoms with E-state index in [-0.39, 0.29) is 11.1 Å². The van der Waals surface area contributed by atoms with Gasteiger partial charge in [-0.1, -0.05) is 85.3 Å².